The van der Waals surface area contributed by atoms with Gasteiger partial charge in [-0.25, -0.2) is 8.42 Å². The molecule has 0 spiro atoms. The number of sulfonamides is 1. The van der Waals surface area contributed by atoms with Gasteiger partial charge in [0.2, 0.25) is 10.0 Å². The summed E-state index contributed by atoms with van der Waals surface area (Å²) in [6, 6.07) is 13.5. The van der Waals surface area contributed by atoms with Crippen LogP contribution in [0.4, 0.5) is 0 Å². The van der Waals surface area contributed by atoms with Crippen LogP contribution in [-0.4, -0.2) is 40.6 Å². The van der Waals surface area contributed by atoms with Crippen LogP contribution in [0, 0.1) is 6.92 Å². The molecule has 0 radical (unpaired) electrons. The minimum atomic E-state index is -3.59. The van der Waals surface area contributed by atoms with Crippen molar-refractivity contribution in [2.24, 2.45) is 0 Å². The lowest BCUT2D eigenvalue weighted by Gasteiger charge is -2.31. The van der Waals surface area contributed by atoms with Crippen LogP contribution in [0.15, 0.2) is 53.6 Å². The number of halogens is 1. The molecule has 3 aromatic rings. The van der Waals surface area contributed by atoms with Gasteiger partial charge in [-0.3, -0.25) is 9.67 Å². The van der Waals surface area contributed by atoms with E-state index in [2.05, 4.69) is 5.10 Å². The van der Waals surface area contributed by atoms with Gasteiger partial charge in [0, 0.05) is 41.8 Å². The quantitative estimate of drug-likeness (QED) is 0.581. The largest absolute Gasteiger partial charge is 0.269 e. The van der Waals surface area contributed by atoms with Crippen LogP contribution in [0.2, 0.25) is 5.02 Å². The van der Waals surface area contributed by atoms with E-state index < -0.39 is 10.0 Å². The van der Waals surface area contributed by atoms with E-state index in [4.69, 9.17) is 16.6 Å². The summed E-state index contributed by atoms with van der Waals surface area (Å²) >= 11 is 6.13. The molecule has 4 rings (SSSR count). The molecule has 0 bridgehead atoms. The summed E-state index contributed by atoms with van der Waals surface area (Å²) in [4.78, 5) is 5.13. The number of rotatable bonds is 5. The number of aromatic nitrogens is 3. The van der Waals surface area contributed by atoms with Crippen LogP contribution in [0.5, 0.6) is 0 Å². The van der Waals surface area contributed by atoms with Crippen LogP contribution >= 0.6 is 11.6 Å². The molecule has 1 atom stereocenters. The van der Waals surface area contributed by atoms with Gasteiger partial charge in [0.25, 0.3) is 0 Å². The zero-order valence-electron chi connectivity index (χ0n) is 17.1. The Kier molecular flexibility index (Phi) is 5.95. The maximum Gasteiger partial charge on any atom is 0.246 e. The van der Waals surface area contributed by atoms with Crippen molar-refractivity contribution in [3.05, 3.63) is 65.1 Å². The van der Waals surface area contributed by atoms with Crippen molar-refractivity contribution >= 4 is 21.6 Å². The molecule has 0 aliphatic carbocycles. The van der Waals surface area contributed by atoms with Gasteiger partial charge < -0.3 is 0 Å². The van der Waals surface area contributed by atoms with Crippen molar-refractivity contribution in [1.29, 1.82) is 0 Å². The third-order valence-electron chi connectivity index (χ3n) is 5.67. The lowest BCUT2D eigenvalue weighted by molar-refractivity contribution is 0.312. The molecule has 0 N–H and O–H groups in total. The van der Waals surface area contributed by atoms with E-state index in [0.29, 0.717) is 35.2 Å². The zero-order valence-corrected chi connectivity index (χ0v) is 18.7. The maximum atomic E-state index is 13.3. The van der Waals surface area contributed by atoms with Crippen molar-refractivity contribution in [3.8, 4) is 11.3 Å². The summed E-state index contributed by atoms with van der Waals surface area (Å²) in [6.45, 7) is 5.34. The molecule has 1 aliphatic rings. The standard InChI is InChI=1S/C22H25ClN4O2S/c1-3-27-16(2)22(14-24-27)30(28,29)26-12-6-8-18(15-26)21-11-5-10-20(25-21)17-7-4-9-19(23)13-17/h4-5,7,9-11,13-14,18H,3,6,8,12,15H2,1-2H3/t18-/m1/s1. The Bertz CT molecular complexity index is 1160. The summed E-state index contributed by atoms with van der Waals surface area (Å²) in [7, 11) is -3.59. The van der Waals surface area contributed by atoms with Crippen molar-refractivity contribution in [3.63, 3.8) is 0 Å². The molecule has 8 heteroatoms. The third kappa shape index (κ3) is 4.02. The molecular formula is C22H25ClN4O2S. The van der Waals surface area contributed by atoms with Gasteiger partial charge in [0.1, 0.15) is 4.90 Å². The number of pyridine rings is 1. The summed E-state index contributed by atoms with van der Waals surface area (Å²) in [5, 5.41) is 4.88. The second-order valence-electron chi connectivity index (χ2n) is 7.57. The molecule has 3 heterocycles. The molecule has 0 amide bonds. The minimum Gasteiger partial charge on any atom is -0.269 e. The van der Waals surface area contributed by atoms with Crippen LogP contribution in [0.3, 0.4) is 0 Å². The monoisotopic (exact) mass is 444 g/mol. The first-order valence-corrected chi connectivity index (χ1v) is 12.0. The van der Waals surface area contributed by atoms with E-state index in [1.807, 2.05) is 49.4 Å². The molecule has 6 nitrogen and oxygen atoms in total. The maximum absolute atomic E-state index is 13.3. The lowest BCUT2D eigenvalue weighted by Crippen LogP contribution is -2.39. The predicted molar refractivity (Wildman–Crippen MR) is 118 cm³/mol. The van der Waals surface area contributed by atoms with Gasteiger partial charge in [-0.15, -0.1) is 0 Å². The number of piperidine rings is 1. The first-order valence-electron chi connectivity index (χ1n) is 10.2. The number of nitrogens with zero attached hydrogens (tertiary/aromatic N) is 4. The van der Waals surface area contributed by atoms with E-state index in [1.165, 1.54) is 6.20 Å². The highest BCUT2D eigenvalue weighted by Crippen LogP contribution is 2.31. The van der Waals surface area contributed by atoms with E-state index >= 15 is 0 Å². The van der Waals surface area contributed by atoms with Crippen molar-refractivity contribution in [2.45, 2.75) is 44.0 Å². The second kappa shape index (κ2) is 8.49. The smallest absolute Gasteiger partial charge is 0.246 e. The van der Waals surface area contributed by atoms with E-state index in [0.717, 1.165) is 29.8 Å². The Morgan fingerprint density at radius 3 is 2.73 bits per heavy atom. The first-order chi connectivity index (χ1) is 14.4. The van der Waals surface area contributed by atoms with Crippen molar-refractivity contribution in [1.82, 2.24) is 19.1 Å². The second-order valence-corrected chi connectivity index (χ2v) is 9.91. The van der Waals surface area contributed by atoms with Crippen LogP contribution < -0.4 is 0 Å². The van der Waals surface area contributed by atoms with Gasteiger partial charge in [-0.05, 0) is 51.0 Å². The summed E-state index contributed by atoms with van der Waals surface area (Å²) < 4.78 is 29.9. The van der Waals surface area contributed by atoms with Gasteiger partial charge in [0.15, 0.2) is 0 Å². The Morgan fingerprint density at radius 2 is 2.00 bits per heavy atom. The normalized spacial score (nSPS) is 17.9. The summed E-state index contributed by atoms with van der Waals surface area (Å²) in [5.74, 6) is 0.0502. The summed E-state index contributed by atoms with van der Waals surface area (Å²) in [5.41, 5.74) is 3.39. The Balaban J connectivity index is 1.60. The fraction of sp³-hybridized carbons (Fsp3) is 0.364. The number of benzene rings is 1. The molecule has 1 aliphatic heterocycles. The number of hydrogen-bond acceptors (Lipinski definition) is 4. The molecule has 1 fully saturated rings. The number of aryl methyl sites for hydroxylation is 1. The SMILES string of the molecule is CCn1ncc(S(=O)(=O)N2CCC[C@@H](c3cccc(-c4cccc(Cl)c4)n3)C2)c1C. The molecule has 1 aromatic carbocycles. The average molecular weight is 445 g/mol. The highest BCUT2D eigenvalue weighted by atomic mass is 35.5. The molecule has 158 valence electrons. The average Bonchev–Trinajstić information content (AvgIpc) is 3.15. The van der Waals surface area contributed by atoms with E-state index in [-0.39, 0.29) is 5.92 Å². The number of hydrogen-bond donors (Lipinski definition) is 0. The highest BCUT2D eigenvalue weighted by Gasteiger charge is 2.33. The Labute approximate surface area is 182 Å². The Morgan fingerprint density at radius 1 is 1.20 bits per heavy atom. The fourth-order valence-corrected chi connectivity index (χ4v) is 5.90. The molecule has 30 heavy (non-hydrogen) atoms. The third-order valence-corrected chi connectivity index (χ3v) is 7.87. The van der Waals surface area contributed by atoms with Gasteiger partial charge >= 0.3 is 0 Å². The first kappa shape index (κ1) is 21.0. The van der Waals surface area contributed by atoms with Gasteiger partial charge in [0.05, 0.1) is 17.6 Å². The molecule has 0 saturated carbocycles. The van der Waals surface area contributed by atoms with E-state index in [1.54, 1.807) is 15.9 Å². The Hall–Kier alpha value is -2.22. The summed E-state index contributed by atoms with van der Waals surface area (Å²) in [6.07, 6.45) is 3.18. The topological polar surface area (TPSA) is 68.1 Å². The van der Waals surface area contributed by atoms with Gasteiger partial charge in [-0.1, -0.05) is 29.8 Å². The molecule has 1 saturated heterocycles. The molecule has 0 unspecified atom stereocenters. The van der Waals surface area contributed by atoms with Crippen molar-refractivity contribution < 1.29 is 8.42 Å². The minimum absolute atomic E-state index is 0.0502. The van der Waals surface area contributed by atoms with Crippen LogP contribution in [0.1, 0.15) is 37.1 Å². The molecular weight excluding hydrogens is 420 g/mol. The fourth-order valence-electron chi connectivity index (χ4n) is 4.03. The lowest BCUT2D eigenvalue weighted by atomic mass is 9.95. The van der Waals surface area contributed by atoms with Gasteiger partial charge in [-0.2, -0.15) is 9.40 Å². The van der Waals surface area contributed by atoms with Crippen LogP contribution in [0.25, 0.3) is 11.3 Å². The zero-order chi connectivity index (χ0) is 21.3. The highest BCUT2D eigenvalue weighted by molar-refractivity contribution is 7.89. The predicted octanol–water partition coefficient (Wildman–Crippen LogP) is 4.50. The molecule has 2 aromatic heterocycles. The van der Waals surface area contributed by atoms with E-state index in [9.17, 15) is 8.42 Å². The van der Waals surface area contributed by atoms with Crippen LogP contribution in [-0.2, 0) is 16.6 Å². The van der Waals surface area contributed by atoms with Crippen molar-refractivity contribution in [2.75, 3.05) is 13.1 Å².